The second-order valence-electron chi connectivity index (χ2n) is 5.37. The number of esters is 1. The maximum absolute atomic E-state index is 14.4. The molecule has 0 atom stereocenters. The molecule has 0 aliphatic carbocycles. The van der Waals surface area contributed by atoms with Gasteiger partial charge in [-0.15, -0.1) is 0 Å². The number of benzene rings is 1. The van der Waals surface area contributed by atoms with Crippen LogP contribution in [0, 0.1) is 12.7 Å². The molecule has 0 bridgehead atoms. The standard InChI is InChI=1S/C16H11Cl2FN2O4S/c1-8-3-5-9(6-4-8)26(23,24)21-11(16(22)25-2)7-10-13(19)12(17)14(18)20-15(10)21/h3-7H,1-2H3. The van der Waals surface area contributed by atoms with Crippen LogP contribution in [0.1, 0.15) is 16.1 Å². The summed E-state index contributed by atoms with van der Waals surface area (Å²) >= 11 is 11.5. The van der Waals surface area contributed by atoms with Gasteiger partial charge in [0.05, 0.1) is 17.4 Å². The Morgan fingerprint density at radius 2 is 1.85 bits per heavy atom. The first-order valence-corrected chi connectivity index (χ1v) is 9.34. The van der Waals surface area contributed by atoms with Crippen molar-refractivity contribution < 1.29 is 22.3 Å². The van der Waals surface area contributed by atoms with Crippen molar-refractivity contribution in [1.82, 2.24) is 8.96 Å². The van der Waals surface area contributed by atoms with Gasteiger partial charge in [-0.05, 0) is 25.1 Å². The van der Waals surface area contributed by atoms with Gasteiger partial charge in [-0.3, -0.25) is 0 Å². The second-order valence-corrected chi connectivity index (χ2v) is 7.89. The number of carbonyl (C=O) groups excluding carboxylic acids is 1. The lowest BCUT2D eigenvalue weighted by atomic mass is 10.2. The number of nitrogens with zero attached hydrogens (tertiary/aromatic N) is 2. The Morgan fingerprint density at radius 3 is 2.42 bits per heavy atom. The lowest BCUT2D eigenvalue weighted by molar-refractivity contribution is 0.0593. The zero-order valence-electron chi connectivity index (χ0n) is 13.5. The average molecular weight is 417 g/mol. The van der Waals surface area contributed by atoms with E-state index in [0.29, 0.717) is 3.97 Å². The van der Waals surface area contributed by atoms with Gasteiger partial charge < -0.3 is 4.74 Å². The van der Waals surface area contributed by atoms with Gasteiger partial charge in [-0.2, -0.15) is 0 Å². The topological polar surface area (TPSA) is 78.3 Å². The monoisotopic (exact) mass is 416 g/mol. The zero-order valence-corrected chi connectivity index (χ0v) is 15.8. The molecule has 0 aliphatic rings. The second kappa shape index (κ2) is 6.53. The molecule has 3 rings (SSSR count). The number of hydrogen-bond donors (Lipinski definition) is 0. The summed E-state index contributed by atoms with van der Waals surface area (Å²) in [6.07, 6.45) is 0. The van der Waals surface area contributed by atoms with E-state index in [-0.39, 0.29) is 15.9 Å². The van der Waals surface area contributed by atoms with Crippen molar-refractivity contribution in [3.8, 4) is 0 Å². The molecule has 136 valence electrons. The molecule has 0 N–H and O–H groups in total. The number of halogens is 3. The fourth-order valence-electron chi connectivity index (χ4n) is 2.41. The molecule has 6 nitrogen and oxygen atoms in total. The van der Waals surface area contributed by atoms with Crippen LogP contribution in [-0.2, 0) is 14.8 Å². The molecule has 0 amide bonds. The number of aryl methyl sites for hydroxylation is 1. The van der Waals surface area contributed by atoms with Crippen LogP contribution in [0.2, 0.25) is 10.2 Å². The number of aromatic nitrogens is 2. The third-order valence-electron chi connectivity index (χ3n) is 3.70. The Bertz CT molecular complexity index is 1140. The minimum atomic E-state index is -4.29. The van der Waals surface area contributed by atoms with Gasteiger partial charge in [0.25, 0.3) is 10.0 Å². The van der Waals surface area contributed by atoms with E-state index in [9.17, 15) is 17.6 Å². The van der Waals surface area contributed by atoms with Gasteiger partial charge >= 0.3 is 5.97 Å². The molecule has 0 saturated heterocycles. The third-order valence-corrected chi connectivity index (χ3v) is 6.13. The number of pyridine rings is 1. The zero-order chi connectivity index (χ0) is 19.2. The summed E-state index contributed by atoms with van der Waals surface area (Å²) in [5.74, 6) is -1.96. The van der Waals surface area contributed by atoms with Crippen LogP contribution < -0.4 is 0 Å². The minimum absolute atomic E-state index is 0.112. The van der Waals surface area contributed by atoms with Crippen molar-refractivity contribution in [3.63, 3.8) is 0 Å². The van der Waals surface area contributed by atoms with E-state index in [1.807, 2.05) is 0 Å². The van der Waals surface area contributed by atoms with Gasteiger partial charge in [0, 0.05) is 0 Å². The summed E-state index contributed by atoms with van der Waals surface area (Å²) < 4.78 is 45.8. The molecule has 0 aliphatic heterocycles. The highest BCUT2D eigenvalue weighted by Gasteiger charge is 2.30. The number of methoxy groups -OCH3 is 1. The minimum Gasteiger partial charge on any atom is -0.464 e. The van der Waals surface area contributed by atoms with E-state index in [0.717, 1.165) is 18.7 Å². The molecule has 2 aromatic heterocycles. The predicted octanol–water partition coefficient (Wildman–Crippen LogP) is 3.81. The number of fused-ring (bicyclic) bond motifs is 1. The van der Waals surface area contributed by atoms with E-state index in [1.54, 1.807) is 19.1 Å². The molecule has 0 radical (unpaired) electrons. The fourth-order valence-corrected chi connectivity index (χ4v) is 4.16. The van der Waals surface area contributed by atoms with Gasteiger partial charge in [-0.1, -0.05) is 40.9 Å². The molecular weight excluding hydrogens is 406 g/mol. The van der Waals surface area contributed by atoms with Crippen molar-refractivity contribution in [2.24, 2.45) is 0 Å². The lowest BCUT2D eigenvalue weighted by Gasteiger charge is -2.11. The largest absolute Gasteiger partial charge is 0.464 e. The van der Waals surface area contributed by atoms with Crippen LogP contribution in [0.3, 0.4) is 0 Å². The molecule has 0 unspecified atom stereocenters. The molecule has 0 spiro atoms. The molecule has 3 aromatic rings. The van der Waals surface area contributed by atoms with E-state index in [2.05, 4.69) is 9.72 Å². The summed E-state index contributed by atoms with van der Waals surface area (Å²) in [5.41, 5.74) is 0.0548. The number of ether oxygens (including phenoxy) is 1. The molecule has 1 aromatic carbocycles. The van der Waals surface area contributed by atoms with Crippen LogP contribution in [0.15, 0.2) is 35.2 Å². The SMILES string of the molecule is COC(=O)c1cc2c(F)c(Cl)c(Cl)nc2n1S(=O)(=O)c1ccc(C)cc1. The first kappa shape index (κ1) is 18.6. The molecule has 26 heavy (non-hydrogen) atoms. The molecular formula is C16H11Cl2FN2O4S. The number of rotatable bonds is 3. The number of carbonyl (C=O) groups is 1. The molecule has 0 fully saturated rings. The first-order chi connectivity index (χ1) is 12.2. The highest BCUT2D eigenvalue weighted by atomic mass is 35.5. The van der Waals surface area contributed by atoms with Crippen molar-refractivity contribution in [2.75, 3.05) is 7.11 Å². The van der Waals surface area contributed by atoms with Crippen LogP contribution in [-0.4, -0.2) is 30.5 Å². The Balaban J connectivity index is 2.43. The maximum Gasteiger partial charge on any atom is 0.355 e. The average Bonchev–Trinajstić information content (AvgIpc) is 2.99. The van der Waals surface area contributed by atoms with Crippen LogP contribution >= 0.6 is 23.2 Å². The summed E-state index contributed by atoms with van der Waals surface area (Å²) in [7, 11) is -3.21. The van der Waals surface area contributed by atoms with Gasteiger partial charge in [0.15, 0.2) is 16.6 Å². The van der Waals surface area contributed by atoms with Crippen LogP contribution in [0.4, 0.5) is 4.39 Å². The first-order valence-electron chi connectivity index (χ1n) is 7.15. The van der Waals surface area contributed by atoms with Crippen molar-refractivity contribution >= 4 is 50.2 Å². The van der Waals surface area contributed by atoms with E-state index in [1.165, 1.54) is 12.1 Å². The summed E-state index contributed by atoms with van der Waals surface area (Å²) in [6.45, 7) is 1.79. The quantitative estimate of drug-likeness (QED) is 0.479. The molecule has 2 heterocycles. The molecule has 10 heteroatoms. The maximum atomic E-state index is 14.4. The Hall–Kier alpha value is -2.16. The fraction of sp³-hybridized carbons (Fsp3) is 0.125. The van der Waals surface area contributed by atoms with Crippen LogP contribution in [0.25, 0.3) is 11.0 Å². The van der Waals surface area contributed by atoms with Gasteiger partial charge in [-0.25, -0.2) is 26.6 Å². The predicted molar refractivity (Wildman–Crippen MR) is 94.8 cm³/mol. The van der Waals surface area contributed by atoms with E-state index < -0.39 is 37.7 Å². The van der Waals surface area contributed by atoms with E-state index in [4.69, 9.17) is 23.2 Å². The Morgan fingerprint density at radius 1 is 1.23 bits per heavy atom. The van der Waals surface area contributed by atoms with Gasteiger partial charge in [0.2, 0.25) is 0 Å². The molecule has 0 saturated carbocycles. The summed E-state index contributed by atoms with van der Waals surface area (Å²) in [6, 6.07) is 6.93. The highest BCUT2D eigenvalue weighted by Crippen LogP contribution is 2.33. The highest BCUT2D eigenvalue weighted by molar-refractivity contribution is 7.90. The van der Waals surface area contributed by atoms with Crippen molar-refractivity contribution in [3.05, 3.63) is 57.6 Å². The Kier molecular flexibility index (Phi) is 4.68. The summed E-state index contributed by atoms with van der Waals surface area (Å²) in [4.78, 5) is 15.8. The normalized spacial score (nSPS) is 11.7. The summed E-state index contributed by atoms with van der Waals surface area (Å²) in [5, 5.41) is -1.16. The lowest BCUT2D eigenvalue weighted by Crippen LogP contribution is -2.19. The van der Waals surface area contributed by atoms with Crippen molar-refractivity contribution in [1.29, 1.82) is 0 Å². The van der Waals surface area contributed by atoms with Crippen LogP contribution in [0.5, 0.6) is 0 Å². The number of hydrogen-bond acceptors (Lipinski definition) is 5. The smallest absolute Gasteiger partial charge is 0.355 e. The van der Waals surface area contributed by atoms with Crippen molar-refractivity contribution in [2.45, 2.75) is 11.8 Å². The third kappa shape index (κ3) is 2.84. The Labute approximate surface area is 158 Å². The van der Waals surface area contributed by atoms with Gasteiger partial charge in [0.1, 0.15) is 10.7 Å². The van der Waals surface area contributed by atoms with E-state index >= 15 is 0 Å².